The van der Waals surface area contributed by atoms with Gasteiger partial charge in [0, 0.05) is 12.6 Å². The van der Waals surface area contributed by atoms with E-state index in [1.807, 2.05) is 13.8 Å². The molecule has 0 bridgehead atoms. The molecule has 0 spiro atoms. The Kier molecular flexibility index (Phi) is 4.12. The maximum absolute atomic E-state index is 11.4. The number of aromatic nitrogens is 2. The molecule has 1 aromatic heterocycles. The van der Waals surface area contributed by atoms with E-state index in [4.69, 9.17) is 4.74 Å². The van der Waals surface area contributed by atoms with Gasteiger partial charge in [0.05, 0.1) is 18.1 Å². The van der Waals surface area contributed by atoms with Crippen LogP contribution in [0, 0.1) is 17.0 Å². The fourth-order valence-electron chi connectivity index (χ4n) is 2.43. The zero-order valence-electron chi connectivity index (χ0n) is 12.1. The minimum absolute atomic E-state index is 0.00515. The molecule has 1 atom stereocenters. The normalized spacial score (nSPS) is 19.0. The lowest BCUT2D eigenvalue weighted by atomic mass is 10.2. The number of hydrogen-bond donors (Lipinski definition) is 1. The van der Waals surface area contributed by atoms with Crippen molar-refractivity contribution in [1.82, 2.24) is 9.78 Å². The number of carbonyl (C=O) groups is 1. The fraction of sp³-hybridized carbons (Fsp3) is 0.667. The van der Waals surface area contributed by atoms with E-state index in [1.165, 1.54) is 9.58 Å². The fourth-order valence-corrected chi connectivity index (χ4v) is 2.43. The lowest BCUT2D eigenvalue weighted by Gasteiger charge is -2.34. The Hall–Kier alpha value is -2.16. The summed E-state index contributed by atoms with van der Waals surface area (Å²) in [7, 11) is 0. The molecule has 116 valence electrons. The highest BCUT2D eigenvalue weighted by molar-refractivity contribution is 5.80. The van der Waals surface area contributed by atoms with Crippen LogP contribution < -0.4 is 4.90 Å². The number of carboxylic acid groups (broad SMARTS) is 1. The maximum atomic E-state index is 11.4. The number of carboxylic acids is 1. The molecular weight excluding hydrogens is 280 g/mol. The highest BCUT2D eigenvalue weighted by atomic mass is 16.6. The van der Waals surface area contributed by atoms with Crippen LogP contribution in [0.4, 0.5) is 11.5 Å². The Bertz CT molecular complexity index is 568. The van der Waals surface area contributed by atoms with E-state index in [2.05, 4.69) is 5.10 Å². The maximum Gasteiger partial charge on any atom is 0.333 e. The molecule has 1 aliphatic rings. The van der Waals surface area contributed by atoms with E-state index >= 15 is 0 Å². The van der Waals surface area contributed by atoms with E-state index in [1.54, 1.807) is 6.92 Å². The summed E-state index contributed by atoms with van der Waals surface area (Å²) in [5.74, 6) is -0.832. The number of aliphatic carboxylic acids is 1. The van der Waals surface area contributed by atoms with Gasteiger partial charge >= 0.3 is 11.7 Å². The number of aryl methyl sites for hydroxylation is 1. The molecule has 9 nitrogen and oxygen atoms in total. The Balaban J connectivity index is 2.59. The summed E-state index contributed by atoms with van der Waals surface area (Å²) in [5.41, 5.74) is 0.135. The van der Waals surface area contributed by atoms with Gasteiger partial charge in [-0.25, -0.2) is 9.48 Å². The average molecular weight is 298 g/mol. The molecule has 9 heteroatoms. The predicted octanol–water partition coefficient (Wildman–Crippen LogP) is 0.970. The summed E-state index contributed by atoms with van der Waals surface area (Å²) < 4.78 is 6.69. The van der Waals surface area contributed by atoms with Crippen molar-refractivity contribution in [1.29, 1.82) is 0 Å². The number of nitrogens with zero attached hydrogens (tertiary/aromatic N) is 4. The third-order valence-electron chi connectivity index (χ3n) is 3.39. The van der Waals surface area contributed by atoms with Crippen LogP contribution in [0.2, 0.25) is 0 Å². The number of ether oxygens (including phenoxy) is 1. The predicted molar refractivity (Wildman–Crippen MR) is 73.6 cm³/mol. The molecule has 0 saturated carbocycles. The van der Waals surface area contributed by atoms with E-state index in [0.717, 1.165) is 0 Å². The topological polar surface area (TPSA) is 111 Å². The Morgan fingerprint density at radius 2 is 2.24 bits per heavy atom. The van der Waals surface area contributed by atoms with Crippen LogP contribution in [0.15, 0.2) is 0 Å². The zero-order chi connectivity index (χ0) is 15.7. The van der Waals surface area contributed by atoms with Gasteiger partial charge < -0.3 is 14.7 Å². The van der Waals surface area contributed by atoms with Crippen molar-refractivity contribution in [2.24, 2.45) is 0 Å². The second-order valence-corrected chi connectivity index (χ2v) is 5.18. The second kappa shape index (κ2) is 5.68. The van der Waals surface area contributed by atoms with Crippen LogP contribution in [0.3, 0.4) is 0 Å². The number of morpholine rings is 1. The monoisotopic (exact) mass is 298 g/mol. The summed E-state index contributed by atoms with van der Waals surface area (Å²) in [4.78, 5) is 23.7. The number of hydrogen-bond acceptors (Lipinski definition) is 6. The summed E-state index contributed by atoms with van der Waals surface area (Å²) in [6.07, 6.45) is 0. The van der Waals surface area contributed by atoms with Gasteiger partial charge in [0.25, 0.3) is 0 Å². The van der Waals surface area contributed by atoms with Crippen LogP contribution >= 0.6 is 0 Å². The molecule has 0 aliphatic carbocycles. The molecular formula is C12H18N4O5. The van der Waals surface area contributed by atoms with E-state index < -0.39 is 16.9 Å². The van der Waals surface area contributed by atoms with E-state index in [0.29, 0.717) is 6.61 Å². The second-order valence-electron chi connectivity index (χ2n) is 5.18. The summed E-state index contributed by atoms with van der Waals surface area (Å²) in [6, 6.07) is -1.07. The average Bonchev–Trinajstić information content (AvgIpc) is 2.76. The van der Waals surface area contributed by atoms with E-state index in [-0.39, 0.29) is 36.4 Å². The molecule has 21 heavy (non-hydrogen) atoms. The van der Waals surface area contributed by atoms with Crippen molar-refractivity contribution < 1.29 is 19.6 Å². The molecule has 1 aromatic rings. The Morgan fingerprint density at radius 3 is 2.76 bits per heavy atom. The highest BCUT2D eigenvalue weighted by Gasteiger charge is 2.38. The molecule has 0 aromatic carbocycles. The van der Waals surface area contributed by atoms with Gasteiger partial charge in [-0.2, -0.15) is 5.10 Å². The van der Waals surface area contributed by atoms with Crippen LogP contribution in [-0.2, 0) is 9.53 Å². The molecule has 1 unspecified atom stereocenters. The third kappa shape index (κ3) is 2.68. The summed E-state index contributed by atoms with van der Waals surface area (Å²) in [5, 5.41) is 24.9. The first-order valence-electron chi connectivity index (χ1n) is 6.65. The van der Waals surface area contributed by atoms with E-state index in [9.17, 15) is 20.0 Å². The smallest absolute Gasteiger partial charge is 0.333 e. The standard InChI is InChI=1S/C12H18N4O5/c1-7(2)15-11(10(16(19)20)8(3)13-15)14-4-5-21-6-9(14)12(17)18/h7,9H,4-6H2,1-3H3,(H,17,18). The van der Waals surface area contributed by atoms with Gasteiger partial charge in [-0.05, 0) is 20.8 Å². The third-order valence-corrected chi connectivity index (χ3v) is 3.39. The summed E-state index contributed by atoms with van der Waals surface area (Å²) >= 11 is 0. The molecule has 1 aliphatic heterocycles. The lowest BCUT2D eigenvalue weighted by molar-refractivity contribution is -0.384. The first-order valence-corrected chi connectivity index (χ1v) is 6.65. The van der Waals surface area contributed by atoms with Crippen LogP contribution in [0.5, 0.6) is 0 Å². The minimum Gasteiger partial charge on any atom is -0.480 e. The van der Waals surface area contributed by atoms with Gasteiger partial charge in [0.2, 0.25) is 5.82 Å². The Labute approximate surface area is 121 Å². The van der Waals surface area contributed by atoms with Gasteiger partial charge in [0.1, 0.15) is 5.69 Å². The van der Waals surface area contributed by atoms with Crippen molar-refractivity contribution >= 4 is 17.5 Å². The molecule has 1 N–H and O–H groups in total. The highest BCUT2D eigenvalue weighted by Crippen LogP contribution is 2.35. The first-order chi connectivity index (χ1) is 9.84. The van der Waals surface area contributed by atoms with Gasteiger partial charge in [0.15, 0.2) is 6.04 Å². The van der Waals surface area contributed by atoms with Gasteiger partial charge in [-0.15, -0.1) is 0 Å². The van der Waals surface area contributed by atoms with Gasteiger partial charge in [-0.1, -0.05) is 0 Å². The quantitative estimate of drug-likeness (QED) is 0.651. The SMILES string of the molecule is Cc1nn(C(C)C)c(N2CCOCC2C(=O)O)c1[N+](=O)[O-]. The van der Waals surface area contributed by atoms with Crippen LogP contribution in [0.25, 0.3) is 0 Å². The van der Waals surface area contributed by atoms with Crippen molar-refractivity contribution in [2.45, 2.75) is 32.9 Å². The molecule has 1 saturated heterocycles. The molecule has 0 radical (unpaired) electrons. The lowest BCUT2D eigenvalue weighted by Crippen LogP contribution is -2.51. The van der Waals surface area contributed by atoms with Crippen molar-refractivity contribution in [3.63, 3.8) is 0 Å². The number of rotatable bonds is 4. The molecule has 2 rings (SSSR count). The molecule has 1 fully saturated rings. The molecule has 2 heterocycles. The number of nitro groups is 1. The van der Waals surface area contributed by atoms with Crippen molar-refractivity contribution in [3.8, 4) is 0 Å². The largest absolute Gasteiger partial charge is 0.480 e. The Morgan fingerprint density at radius 1 is 1.57 bits per heavy atom. The molecule has 0 amide bonds. The zero-order valence-corrected chi connectivity index (χ0v) is 12.1. The van der Waals surface area contributed by atoms with Gasteiger partial charge in [-0.3, -0.25) is 10.1 Å². The van der Waals surface area contributed by atoms with Crippen LogP contribution in [-0.4, -0.2) is 51.6 Å². The van der Waals surface area contributed by atoms with Crippen molar-refractivity contribution in [3.05, 3.63) is 15.8 Å². The minimum atomic E-state index is -1.07. The van der Waals surface area contributed by atoms with Crippen LogP contribution in [0.1, 0.15) is 25.6 Å². The first kappa shape index (κ1) is 15.2. The number of anilines is 1. The van der Waals surface area contributed by atoms with Crippen molar-refractivity contribution in [2.75, 3.05) is 24.7 Å². The summed E-state index contributed by atoms with van der Waals surface area (Å²) in [6.45, 7) is 5.83.